The number of sulfone groups is 1. The van der Waals surface area contributed by atoms with Gasteiger partial charge >= 0.3 is 6.18 Å². The Labute approximate surface area is 213 Å². The molecule has 0 fully saturated rings. The van der Waals surface area contributed by atoms with E-state index in [0.29, 0.717) is 34.8 Å². The molecule has 0 spiro atoms. The Hall–Kier alpha value is -2.74. The Morgan fingerprint density at radius 2 is 2.00 bits per heavy atom. The molecule has 4 heterocycles. The summed E-state index contributed by atoms with van der Waals surface area (Å²) in [4.78, 5) is 21.3. The fourth-order valence-electron chi connectivity index (χ4n) is 4.07. The number of aromatic nitrogens is 2. The summed E-state index contributed by atoms with van der Waals surface area (Å²) in [5.74, 6) is -1.05. The number of benzene rings is 1. The highest BCUT2D eigenvalue weighted by Crippen LogP contribution is 2.42. The number of alkyl halides is 3. The molecule has 36 heavy (non-hydrogen) atoms. The van der Waals surface area contributed by atoms with Crippen LogP contribution in [0.5, 0.6) is 0 Å². The lowest BCUT2D eigenvalue weighted by Crippen LogP contribution is -2.27. The minimum Gasteiger partial charge on any atom is -0.340 e. The summed E-state index contributed by atoms with van der Waals surface area (Å²) in [6.45, 7) is 1.44. The van der Waals surface area contributed by atoms with Crippen molar-refractivity contribution in [3.63, 3.8) is 0 Å². The van der Waals surface area contributed by atoms with E-state index < -0.39 is 33.2 Å². The zero-order valence-electron chi connectivity index (χ0n) is 18.7. The molecule has 5 rings (SSSR count). The monoisotopic (exact) mass is 557 g/mol. The van der Waals surface area contributed by atoms with Crippen molar-refractivity contribution in [3.05, 3.63) is 51.0 Å². The Morgan fingerprint density at radius 1 is 1.22 bits per heavy atom. The first-order valence-electron chi connectivity index (χ1n) is 10.8. The van der Waals surface area contributed by atoms with E-state index >= 15 is 0 Å². The summed E-state index contributed by atoms with van der Waals surface area (Å²) in [6, 6.07) is 4.68. The maximum Gasteiger partial charge on any atom is 0.420 e. The van der Waals surface area contributed by atoms with E-state index in [9.17, 15) is 26.4 Å². The number of nitrogens with zero attached hydrogens (tertiary/aromatic N) is 3. The van der Waals surface area contributed by atoms with E-state index in [0.717, 1.165) is 30.2 Å². The second-order valence-corrected chi connectivity index (χ2v) is 12.0. The van der Waals surface area contributed by atoms with Gasteiger partial charge in [-0.2, -0.15) is 13.2 Å². The van der Waals surface area contributed by atoms with Crippen molar-refractivity contribution in [3.8, 4) is 10.6 Å². The first-order valence-corrected chi connectivity index (χ1v) is 13.6. The van der Waals surface area contributed by atoms with E-state index in [2.05, 4.69) is 20.6 Å². The molecule has 0 saturated heterocycles. The molecule has 0 saturated carbocycles. The Morgan fingerprint density at radius 3 is 2.75 bits per heavy atom. The molecule has 2 aliphatic heterocycles. The van der Waals surface area contributed by atoms with Gasteiger partial charge in [0, 0.05) is 26.3 Å². The molecule has 14 heteroatoms. The van der Waals surface area contributed by atoms with Crippen molar-refractivity contribution in [2.75, 3.05) is 31.2 Å². The number of hydrogen-bond acceptors (Lipinski definition) is 8. The van der Waals surface area contributed by atoms with Crippen molar-refractivity contribution in [2.24, 2.45) is 0 Å². The number of nitrogens with one attached hydrogen (secondary N) is 2. The minimum atomic E-state index is -4.81. The second-order valence-electron chi connectivity index (χ2n) is 8.46. The quantitative estimate of drug-likeness (QED) is 0.499. The molecule has 0 unspecified atom stereocenters. The van der Waals surface area contributed by atoms with E-state index in [-0.39, 0.29) is 32.9 Å². The van der Waals surface area contributed by atoms with Crippen molar-refractivity contribution < 1.29 is 26.4 Å². The van der Waals surface area contributed by atoms with Crippen LogP contribution in [0.15, 0.2) is 29.3 Å². The Balaban J connectivity index is 1.60. The largest absolute Gasteiger partial charge is 0.420 e. The van der Waals surface area contributed by atoms with Gasteiger partial charge in [0.1, 0.15) is 10.4 Å². The number of amides is 1. The molecule has 0 aliphatic carbocycles. The zero-order chi connectivity index (χ0) is 25.8. The van der Waals surface area contributed by atoms with Gasteiger partial charge in [0.2, 0.25) is 5.95 Å². The fourth-order valence-corrected chi connectivity index (χ4v) is 7.34. The second kappa shape index (κ2) is 8.98. The first-order chi connectivity index (χ1) is 16.9. The van der Waals surface area contributed by atoms with E-state index in [4.69, 9.17) is 11.6 Å². The molecule has 3 aromatic rings. The van der Waals surface area contributed by atoms with Gasteiger partial charge in [-0.25, -0.2) is 18.4 Å². The van der Waals surface area contributed by atoms with Gasteiger partial charge in [-0.1, -0.05) is 11.6 Å². The molecule has 1 amide bonds. The minimum absolute atomic E-state index is 0.00905. The van der Waals surface area contributed by atoms with Gasteiger partial charge in [-0.15, -0.1) is 11.3 Å². The molecule has 0 bridgehead atoms. The Bertz CT molecular complexity index is 1490. The molecule has 8 nitrogen and oxygen atoms in total. The van der Waals surface area contributed by atoms with E-state index in [1.165, 1.54) is 11.9 Å². The predicted molar refractivity (Wildman–Crippen MR) is 130 cm³/mol. The third-order valence-corrected chi connectivity index (χ3v) is 9.30. The average molecular weight is 558 g/mol. The van der Waals surface area contributed by atoms with Gasteiger partial charge in [0.25, 0.3) is 5.91 Å². The SMILES string of the molecule is CN1CCS(=O)(=O)c2cc(-c3nc(Nc4cc5c(cc4Cl)CNCC5)ncc3C(F)(F)F)sc2C1=O. The average Bonchev–Trinajstić information content (AvgIpc) is 3.25. The van der Waals surface area contributed by atoms with Crippen LogP contribution in [0.1, 0.15) is 26.4 Å². The first kappa shape index (κ1) is 24.9. The topological polar surface area (TPSA) is 104 Å². The number of fused-ring (bicyclic) bond motifs is 2. The maximum absolute atomic E-state index is 13.9. The van der Waals surface area contributed by atoms with Crippen LogP contribution in [0.3, 0.4) is 0 Å². The third kappa shape index (κ3) is 4.56. The molecular formula is C22H19ClF3N5O3S2. The number of carbonyl (C=O) groups excluding carboxylic acids is 1. The molecular weight excluding hydrogens is 539 g/mol. The van der Waals surface area contributed by atoms with Crippen LogP contribution in [0.25, 0.3) is 10.6 Å². The van der Waals surface area contributed by atoms with Crippen LogP contribution in [0.4, 0.5) is 24.8 Å². The van der Waals surface area contributed by atoms with Crippen LogP contribution in [-0.2, 0) is 29.0 Å². The summed E-state index contributed by atoms with van der Waals surface area (Å²) in [7, 11) is -2.42. The van der Waals surface area contributed by atoms with Gasteiger partial charge in [-0.3, -0.25) is 4.79 Å². The van der Waals surface area contributed by atoms with E-state index in [1.807, 2.05) is 6.07 Å². The number of carbonyl (C=O) groups is 1. The fraction of sp³-hybridized carbons (Fsp3) is 0.318. The highest BCUT2D eigenvalue weighted by Gasteiger charge is 2.38. The lowest BCUT2D eigenvalue weighted by Gasteiger charge is -2.19. The van der Waals surface area contributed by atoms with Gasteiger partial charge in [0.15, 0.2) is 9.84 Å². The van der Waals surface area contributed by atoms with E-state index in [1.54, 1.807) is 6.07 Å². The summed E-state index contributed by atoms with van der Waals surface area (Å²) >= 11 is 7.05. The Kier molecular flexibility index (Phi) is 6.22. The maximum atomic E-state index is 13.9. The van der Waals surface area contributed by atoms with Crippen LogP contribution >= 0.6 is 22.9 Å². The summed E-state index contributed by atoms with van der Waals surface area (Å²) < 4.78 is 67.0. The summed E-state index contributed by atoms with van der Waals surface area (Å²) in [5.41, 5.74) is 0.834. The van der Waals surface area contributed by atoms with Gasteiger partial charge in [0.05, 0.1) is 31.9 Å². The normalized spacial score (nSPS) is 17.4. The van der Waals surface area contributed by atoms with Crippen molar-refractivity contribution >= 4 is 50.3 Å². The van der Waals surface area contributed by atoms with Crippen molar-refractivity contribution in [2.45, 2.75) is 24.0 Å². The molecule has 2 aromatic heterocycles. The smallest absolute Gasteiger partial charge is 0.340 e. The molecule has 0 atom stereocenters. The number of rotatable bonds is 3. The number of hydrogen-bond donors (Lipinski definition) is 2. The number of halogens is 4. The van der Waals surface area contributed by atoms with Gasteiger partial charge < -0.3 is 15.5 Å². The molecule has 1 aromatic carbocycles. The molecule has 0 radical (unpaired) electrons. The lowest BCUT2D eigenvalue weighted by molar-refractivity contribution is -0.137. The highest BCUT2D eigenvalue weighted by molar-refractivity contribution is 7.91. The molecule has 190 valence electrons. The standard InChI is InChI=1S/C22H19ClF3N5O3S2/c1-31-4-5-36(33,34)17-8-16(35-19(17)20(31)32)18-13(22(24,25)26)10-28-21(30-18)29-15-7-11-2-3-27-9-12(11)6-14(15)23/h6-8,10,27H,2-5,9H2,1H3,(H,28,29,30). The van der Waals surface area contributed by atoms with Crippen molar-refractivity contribution in [1.82, 2.24) is 20.2 Å². The molecule has 2 N–H and O–H groups in total. The van der Waals surface area contributed by atoms with Crippen LogP contribution < -0.4 is 10.6 Å². The lowest BCUT2D eigenvalue weighted by atomic mass is 10.0. The van der Waals surface area contributed by atoms with Gasteiger partial charge in [-0.05, 0) is 42.3 Å². The van der Waals surface area contributed by atoms with Crippen LogP contribution in [-0.4, -0.2) is 55.1 Å². The predicted octanol–water partition coefficient (Wildman–Crippen LogP) is 4.13. The van der Waals surface area contributed by atoms with Crippen LogP contribution in [0, 0.1) is 0 Å². The number of anilines is 2. The summed E-state index contributed by atoms with van der Waals surface area (Å²) in [6.07, 6.45) is -3.42. The zero-order valence-corrected chi connectivity index (χ0v) is 21.1. The van der Waals surface area contributed by atoms with Crippen LogP contribution in [0.2, 0.25) is 5.02 Å². The summed E-state index contributed by atoms with van der Waals surface area (Å²) in [5, 5.41) is 6.48. The van der Waals surface area contributed by atoms with Crippen molar-refractivity contribution in [1.29, 1.82) is 0 Å². The molecule has 2 aliphatic rings. The third-order valence-electron chi connectivity index (χ3n) is 6.02. The highest BCUT2D eigenvalue weighted by atomic mass is 35.5. The number of thiophene rings is 1.